The Morgan fingerprint density at radius 3 is 1.46 bits per heavy atom. The molecular weight excluding hydrogens is 480 g/mol. The number of furan rings is 1. The van der Waals surface area contributed by atoms with Gasteiger partial charge in [0.15, 0.2) is 23.2 Å². The first-order valence-corrected chi connectivity index (χ1v) is 12.6. The third kappa shape index (κ3) is 4.20. The van der Waals surface area contributed by atoms with Gasteiger partial charge in [-0.1, -0.05) is 91.0 Å². The zero-order valence-corrected chi connectivity index (χ0v) is 20.7. The molecule has 0 aliphatic carbocycles. The lowest BCUT2D eigenvalue weighted by molar-refractivity contribution is 0.669. The highest BCUT2D eigenvalue weighted by atomic mass is 16.3. The molecular formula is C34H20N4O. The number of hydrogen-bond donors (Lipinski definition) is 0. The molecule has 5 heteroatoms. The van der Waals surface area contributed by atoms with Gasteiger partial charge < -0.3 is 4.42 Å². The largest absolute Gasteiger partial charge is 0.456 e. The van der Waals surface area contributed by atoms with Crippen LogP contribution in [-0.2, 0) is 0 Å². The average molecular weight is 501 g/mol. The summed E-state index contributed by atoms with van der Waals surface area (Å²) >= 11 is 0. The predicted octanol–water partition coefficient (Wildman–Crippen LogP) is 8.99. The molecule has 0 aliphatic heterocycles. The van der Waals surface area contributed by atoms with Gasteiger partial charge in [-0.25, -0.2) is 19.8 Å². The first-order valence-electron chi connectivity index (χ1n) is 12.6. The summed E-state index contributed by atoms with van der Waals surface area (Å²) in [7, 11) is 0. The summed E-state index contributed by atoms with van der Waals surface area (Å²) in [5, 5.41) is 2.00. The van der Waals surface area contributed by atoms with E-state index in [1.807, 2.05) is 109 Å². The number of hydrogen-bond acceptors (Lipinski definition) is 4. The van der Waals surface area contributed by atoms with Gasteiger partial charge in [-0.3, -0.25) is 0 Å². The maximum absolute atomic E-state index is 7.21. The molecule has 182 valence electrons. The molecule has 7 aromatic rings. The second-order valence-corrected chi connectivity index (χ2v) is 9.22. The van der Waals surface area contributed by atoms with Crippen LogP contribution in [0.4, 0.5) is 5.69 Å². The van der Waals surface area contributed by atoms with Crippen molar-refractivity contribution in [3.63, 3.8) is 0 Å². The van der Waals surface area contributed by atoms with E-state index in [4.69, 9.17) is 25.9 Å². The van der Waals surface area contributed by atoms with E-state index in [0.717, 1.165) is 49.8 Å². The highest BCUT2D eigenvalue weighted by molar-refractivity contribution is 6.07. The molecule has 0 N–H and O–H groups in total. The molecule has 2 aromatic heterocycles. The molecule has 39 heavy (non-hydrogen) atoms. The minimum atomic E-state index is 0.602. The normalized spacial score (nSPS) is 11.1. The molecule has 0 fully saturated rings. The van der Waals surface area contributed by atoms with Gasteiger partial charge in [0.05, 0.1) is 6.57 Å². The Balaban J connectivity index is 1.39. The fourth-order valence-electron chi connectivity index (χ4n) is 4.76. The van der Waals surface area contributed by atoms with E-state index < -0.39 is 0 Å². The third-order valence-electron chi connectivity index (χ3n) is 6.76. The topological polar surface area (TPSA) is 56.2 Å². The number of nitrogens with zero attached hydrogens (tertiary/aromatic N) is 4. The van der Waals surface area contributed by atoms with Gasteiger partial charge in [0.1, 0.15) is 11.2 Å². The quantitative estimate of drug-likeness (QED) is 0.226. The van der Waals surface area contributed by atoms with E-state index in [9.17, 15) is 0 Å². The van der Waals surface area contributed by atoms with E-state index in [2.05, 4.69) is 17.0 Å². The average Bonchev–Trinajstić information content (AvgIpc) is 3.39. The summed E-state index contributed by atoms with van der Waals surface area (Å²) in [6.07, 6.45) is 0. The Bertz CT molecular complexity index is 1950. The Hall–Kier alpha value is -5.60. The standard InChI is InChI=1S/C34H20N4O/c1-35-27-16-12-22(13-17-27)25-14-18-30-28(20-25)29-21-26(15-19-31(29)39-30)34-37-32(23-8-4-2-5-9-23)36-33(38-34)24-10-6-3-7-11-24/h2-21H. The smallest absolute Gasteiger partial charge is 0.187 e. The number of fused-ring (bicyclic) bond motifs is 3. The monoisotopic (exact) mass is 500 g/mol. The van der Waals surface area contributed by atoms with E-state index in [0.29, 0.717) is 23.2 Å². The second-order valence-electron chi connectivity index (χ2n) is 9.22. The molecule has 0 atom stereocenters. The van der Waals surface area contributed by atoms with Gasteiger partial charge in [0, 0.05) is 27.5 Å². The van der Waals surface area contributed by atoms with Crippen LogP contribution < -0.4 is 0 Å². The van der Waals surface area contributed by atoms with Crippen molar-refractivity contribution < 1.29 is 4.42 Å². The molecule has 0 spiro atoms. The summed E-state index contributed by atoms with van der Waals surface area (Å²) in [6.45, 7) is 7.21. The van der Waals surface area contributed by atoms with Crippen LogP contribution >= 0.6 is 0 Å². The summed E-state index contributed by atoms with van der Waals surface area (Å²) in [5.41, 5.74) is 7.10. The maximum atomic E-state index is 7.21. The van der Waals surface area contributed by atoms with Crippen LogP contribution in [0.3, 0.4) is 0 Å². The molecule has 0 amide bonds. The minimum absolute atomic E-state index is 0.602. The lowest BCUT2D eigenvalue weighted by Gasteiger charge is -2.08. The molecule has 0 bridgehead atoms. The second kappa shape index (κ2) is 9.37. The molecule has 0 unspecified atom stereocenters. The first kappa shape index (κ1) is 22.6. The van der Waals surface area contributed by atoms with Gasteiger partial charge >= 0.3 is 0 Å². The van der Waals surface area contributed by atoms with Gasteiger partial charge in [-0.05, 0) is 41.5 Å². The highest BCUT2D eigenvalue weighted by Crippen LogP contribution is 2.35. The Morgan fingerprint density at radius 1 is 0.462 bits per heavy atom. The van der Waals surface area contributed by atoms with Crippen LogP contribution in [0.25, 0.3) is 72.1 Å². The zero-order chi connectivity index (χ0) is 26.2. The zero-order valence-electron chi connectivity index (χ0n) is 20.7. The SMILES string of the molecule is [C-]#[N+]c1ccc(-c2ccc3oc4ccc(-c5nc(-c6ccccc6)nc(-c6ccccc6)n5)cc4c3c2)cc1. The van der Waals surface area contributed by atoms with Crippen LogP contribution in [0.1, 0.15) is 0 Å². The maximum Gasteiger partial charge on any atom is 0.187 e. The van der Waals surface area contributed by atoms with Crippen LogP contribution in [0.2, 0.25) is 0 Å². The molecule has 0 radical (unpaired) electrons. The van der Waals surface area contributed by atoms with Crippen LogP contribution in [0.15, 0.2) is 126 Å². The van der Waals surface area contributed by atoms with Crippen molar-refractivity contribution in [2.24, 2.45) is 0 Å². The predicted molar refractivity (Wildman–Crippen MR) is 155 cm³/mol. The lowest BCUT2D eigenvalue weighted by Crippen LogP contribution is -2.00. The van der Waals surface area contributed by atoms with Crippen molar-refractivity contribution in [2.75, 3.05) is 0 Å². The molecule has 0 aliphatic rings. The minimum Gasteiger partial charge on any atom is -0.456 e. The van der Waals surface area contributed by atoms with E-state index in [-0.39, 0.29) is 0 Å². The van der Waals surface area contributed by atoms with Crippen LogP contribution in [0.5, 0.6) is 0 Å². The number of rotatable bonds is 4. The van der Waals surface area contributed by atoms with E-state index in [1.165, 1.54) is 0 Å². The Morgan fingerprint density at radius 2 is 0.923 bits per heavy atom. The summed E-state index contributed by atoms with van der Waals surface area (Å²) < 4.78 is 6.16. The van der Waals surface area contributed by atoms with Crippen molar-refractivity contribution in [3.8, 4) is 45.3 Å². The van der Waals surface area contributed by atoms with Crippen molar-refractivity contribution in [3.05, 3.63) is 133 Å². The Labute approximate surface area is 224 Å². The van der Waals surface area contributed by atoms with Gasteiger partial charge in [0.25, 0.3) is 0 Å². The fraction of sp³-hybridized carbons (Fsp3) is 0. The molecule has 0 saturated carbocycles. The summed E-state index contributed by atoms with van der Waals surface area (Å²) in [5.74, 6) is 1.85. The molecule has 5 aromatic carbocycles. The van der Waals surface area contributed by atoms with E-state index in [1.54, 1.807) is 0 Å². The lowest BCUT2D eigenvalue weighted by atomic mass is 10.0. The molecule has 0 saturated heterocycles. The molecule has 7 rings (SSSR count). The summed E-state index contributed by atoms with van der Waals surface area (Å²) in [6, 6.07) is 39.8. The third-order valence-corrected chi connectivity index (χ3v) is 6.76. The van der Waals surface area contributed by atoms with Crippen molar-refractivity contribution in [1.82, 2.24) is 15.0 Å². The first-order chi connectivity index (χ1) is 19.2. The molecule has 2 heterocycles. The van der Waals surface area contributed by atoms with Crippen LogP contribution in [0, 0.1) is 6.57 Å². The Kier molecular flexibility index (Phi) is 5.42. The number of benzene rings is 5. The highest BCUT2D eigenvalue weighted by Gasteiger charge is 2.15. The van der Waals surface area contributed by atoms with Gasteiger partial charge in [-0.15, -0.1) is 0 Å². The van der Waals surface area contributed by atoms with Crippen molar-refractivity contribution in [1.29, 1.82) is 0 Å². The van der Waals surface area contributed by atoms with Gasteiger partial charge in [0.2, 0.25) is 0 Å². The van der Waals surface area contributed by atoms with Crippen molar-refractivity contribution >= 4 is 27.6 Å². The van der Waals surface area contributed by atoms with Crippen LogP contribution in [-0.4, -0.2) is 15.0 Å². The number of aromatic nitrogens is 3. The fourth-order valence-corrected chi connectivity index (χ4v) is 4.76. The molecule has 5 nitrogen and oxygen atoms in total. The van der Waals surface area contributed by atoms with E-state index >= 15 is 0 Å². The summed E-state index contributed by atoms with van der Waals surface area (Å²) in [4.78, 5) is 18.0. The van der Waals surface area contributed by atoms with Crippen molar-refractivity contribution in [2.45, 2.75) is 0 Å². The van der Waals surface area contributed by atoms with Gasteiger partial charge in [-0.2, -0.15) is 0 Å².